The first-order valence-electron chi connectivity index (χ1n) is 11.2. The molecule has 0 aliphatic heterocycles. The summed E-state index contributed by atoms with van der Waals surface area (Å²) in [6.45, 7) is 0.297. The molecule has 0 fully saturated rings. The molecule has 17 heteroatoms. The van der Waals surface area contributed by atoms with Crippen molar-refractivity contribution in [2.24, 2.45) is 0 Å². The molecule has 0 aliphatic carbocycles. The van der Waals surface area contributed by atoms with Gasteiger partial charge in [0.2, 0.25) is 0 Å². The van der Waals surface area contributed by atoms with Crippen LogP contribution in [-0.2, 0) is 58.0 Å². The van der Waals surface area contributed by atoms with E-state index in [1.54, 1.807) is 0 Å². The molecule has 0 heterocycles. The lowest BCUT2D eigenvalue weighted by atomic mass is 10.5. The van der Waals surface area contributed by atoms with Crippen LogP contribution >= 0.6 is 7.82 Å². The zero-order valence-electron chi connectivity index (χ0n) is 22.6. The van der Waals surface area contributed by atoms with Gasteiger partial charge in [0.05, 0.1) is 19.8 Å². The number of phosphoric acid groups is 1. The van der Waals surface area contributed by atoms with Crippen molar-refractivity contribution in [1.82, 2.24) is 0 Å². The first-order chi connectivity index (χ1) is 16.7. The van der Waals surface area contributed by atoms with E-state index < -0.39 is 34.2 Å². The Hall–Kier alpha value is 0.401. The molecule has 0 bridgehead atoms. The van der Waals surface area contributed by atoms with Crippen molar-refractivity contribution in [3.63, 3.8) is 0 Å². The van der Waals surface area contributed by atoms with Gasteiger partial charge in [0.25, 0.3) is 0 Å². The lowest BCUT2D eigenvalue weighted by Crippen LogP contribution is -2.42. The summed E-state index contributed by atoms with van der Waals surface area (Å²) < 4.78 is 78.6. The average Bonchev–Trinajstić information content (AvgIpc) is 2.90. The molecule has 0 aromatic heterocycles. The maximum Gasteiger partial charge on any atom is 0.500 e. The van der Waals surface area contributed by atoms with Crippen LogP contribution in [0.2, 0.25) is 18.1 Å². The number of hydrogen-bond donors (Lipinski definition) is 0. The van der Waals surface area contributed by atoms with Gasteiger partial charge in [-0.3, -0.25) is 13.6 Å². The molecular weight excluding hydrogens is 539 g/mol. The van der Waals surface area contributed by atoms with E-state index in [4.69, 9.17) is 53.4 Å². The van der Waals surface area contributed by atoms with Crippen molar-refractivity contribution >= 4 is 34.2 Å². The third-order valence-electron chi connectivity index (χ3n) is 5.43. The van der Waals surface area contributed by atoms with Gasteiger partial charge in [0.1, 0.15) is 0 Å². The van der Waals surface area contributed by atoms with Gasteiger partial charge in [-0.2, -0.15) is 0 Å². The molecule has 0 saturated heterocycles. The third kappa shape index (κ3) is 12.2. The van der Waals surface area contributed by atoms with Gasteiger partial charge in [-0.15, -0.1) is 0 Å². The molecule has 13 nitrogen and oxygen atoms in total. The molecule has 0 rings (SSSR count). The van der Waals surface area contributed by atoms with Gasteiger partial charge in [-0.05, 0) is 19.3 Å². The minimum absolute atomic E-state index is 0.0991. The fraction of sp³-hybridized carbons (Fsp3) is 1.00. The molecule has 0 aromatic rings. The molecule has 0 saturated carbocycles. The van der Waals surface area contributed by atoms with Crippen LogP contribution in [0.4, 0.5) is 0 Å². The molecule has 0 aliphatic rings. The van der Waals surface area contributed by atoms with Crippen molar-refractivity contribution in [2.45, 2.75) is 37.4 Å². The number of hydrogen-bond acceptors (Lipinski definition) is 13. The van der Waals surface area contributed by atoms with Crippen molar-refractivity contribution in [2.75, 3.05) is 83.8 Å². The number of rotatable bonds is 24. The Labute approximate surface area is 213 Å². The fourth-order valence-corrected chi connectivity index (χ4v) is 9.53. The normalized spacial score (nSPS) is 13.5. The van der Waals surface area contributed by atoms with E-state index >= 15 is 0 Å². The zero-order valence-corrected chi connectivity index (χ0v) is 26.5. The highest BCUT2D eigenvalue weighted by Gasteiger charge is 2.40. The standard InChI is InChI=1S/C18H45O13PSi3/c1-20-33(21-2,22-3)16-10-13-29-32(19,30-14-11-17-34(23-4,24-5)25-6)31-15-12-18-35(26-7,27-8)28-9/h10-18H2,1-9H3. The highest BCUT2D eigenvalue weighted by molar-refractivity contribution is 7.48. The minimum atomic E-state index is -3.86. The van der Waals surface area contributed by atoms with Gasteiger partial charge in [-0.25, -0.2) is 4.57 Å². The van der Waals surface area contributed by atoms with Crippen molar-refractivity contribution in [1.29, 1.82) is 0 Å². The molecule has 35 heavy (non-hydrogen) atoms. The molecule has 212 valence electrons. The van der Waals surface area contributed by atoms with Crippen LogP contribution in [0.3, 0.4) is 0 Å². The maximum absolute atomic E-state index is 13.3. The van der Waals surface area contributed by atoms with Gasteiger partial charge in [0.15, 0.2) is 0 Å². The second kappa shape index (κ2) is 18.6. The summed E-state index contributed by atoms with van der Waals surface area (Å²) in [5, 5.41) is 0. The summed E-state index contributed by atoms with van der Waals surface area (Å²) in [4.78, 5) is 0. The van der Waals surface area contributed by atoms with E-state index in [9.17, 15) is 4.57 Å². The first-order valence-corrected chi connectivity index (χ1v) is 18.4. The Morgan fingerprint density at radius 2 is 0.629 bits per heavy atom. The highest BCUT2D eigenvalue weighted by atomic mass is 31.2. The van der Waals surface area contributed by atoms with E-state index in [0.29, 0.717) is 37.4 Å². The summed E-state index contributed by atoms with van der Waals surface area (Å²) in [6.07, 6.45) is 1.41. The van der Waals surface area contributed by atoms with Crippen LogP contribution in [0.25, 0.3) is 0 Å². The molecule has 0 radical (unpaired) electrons. The average molecular weight is 585 g/mol. The Morgan fingerprint density at radius 3 is 0.800 bits per heavy atom. The SMILES string of the molecule is CO[Si](CCCOP(=O)(OCCC[Si](OC)(OC)OC)OCCC[Si](OC)(OC)OC)(OC)OC. The van der Waals surface area contributed by atoms with Crippen LogP contribution in [0.15, 0.2) is 0 Å². The van der Waals surface area contributed by atoms with E-state index in [1.807, 2.05) is 0 Å². The lowest BCUT2D eigenvalue weighted by molar-refractivity contribution is 0.0957. The van der Waals surface area contributed by atoms with Crippen LogP contribution < -0.4 is 0 Å². The molecular formula is C18H45O13PSi3. The van der Waals surface area contributed by atoms with Crippen molar-refractivity contribution in [3.8, 4) is 0 Å². The molecule has 0 N–H and O–H groups in total. The van der Waals surface area contributed by atoms with Gasteiger partial charge >= 0.3 is 34.2 Å². The van der Waals surface area contributed by atoms with Crippen LogP contribution in [0, 0.1) is 0 Å². The molecule has 0 unspecified atom stereocenters. The second-order valence-electron chi connectivity index (χ2n) is 7.14. The van der Waals surface area contributed by atoms with E-state index in [-0.39, 0.29) is 19.8 Å². The van der Waals surface area contributed by atoms with E-state index in [1.165, 1.54) is 64.0 Å². The second-order valence-corrected chi connectivity index (χ2v) is 18.1. The fourth-order valence-electron chi connectivity index (χ4n) is 3.18. The summed E-state index contributed by atoms with van der Waals surface area (Å²) >= 11 is 0. The summed E-state index contributed by atoms with van der Waals surface area (Å²) in [7, 11) is 1.62. The Morgan fingerprint density at radius 1 is 0.429 bits per heavy atom. The van der Waals surface area contributed by atoms with Crippen LogP contribution in [0.5, 0.6) is 0 Å². The van der Waals surface area contributed by atoms with E-state index in [0.717, 1.165) is 0 Å². The van der Waals surface area contributed by atoms with Gasteiger partial charge < -0.3 is 39.8 Å². The molecule has 0 amide bonds. The molecule has 0 spiro atoms. The largest absolute Gasteiger partial charge is 0.500 e. The van der Waals surface area contributed by atoms with Crippen LogP contribution in [-0.4, -0.2) is 110 Å². The maximum atomic E-state index is 13.3. The summed E-state index contributed by atoms with van der Waals surface area (Å²) in [6, 6.07) is 1.43. The van der Waals surface area contributed by atoms with Crippen molar-refractivity contribution in [3.05, 3.63) is 0 Å². The summed E-state index contributed by atoms with van der Waals surface area (Å²) in [5.41, 5.74) is 0. The third-order valence-corrected chi connectivity index (χ3v) is 15.4. The summed E-state index contributed by atoms with van der Waals surface area (Å²) in [5.74, 6) is 0. The first kappa shape index (κ1) is 35.4. The molecule has 0 atom stereocenters. The van der Waals surface area contributed by atoms with Crippen LogP contribution in [0.1, 0.15) is 19.3 Å². The monoisotopic (exact) mass is 584 g/mol. The predicted octanol–water partition coefficient (Wildman–Crippen LogP) is 2.95. The Kier molecular flexibility index (Phi) is 18.8. The zero-order chi connectivity index (χ0) is 26.8. The smallest absolute Gasteiger partial charge is 0.377 e. The van der Waals surface area contributed by atoms with Gasteiger partial charge in [0, 0.05) is 82.1 Å². The Balaban J connectivity index is 4.98. The van der Waals surface area contributed by atoms with Crippen molar-refractivity contribution < 1.29 is 58.0 Å². The quantitative estimate of drug-likeness (QED) is 0.0938. The number of phosphoric ester groups is 1. The lowest BCUT2D eigenvalue weighted by Gasteiger charge is -2.26. The Bertz CT molecular complexity index is 477. The molecule has 0 aromatic carbocycles. The predicted molar refractivity (Wildman–Crippen MR) is 134 cm³/mol. The minimum Gasteiger partial charge on any atom is -0.377 e. The van der Waals surface area contributed by atoms with E-state index in [2.05, 4.69) is 0 Å². The highest BCUT2D eigenvalue weighted by Crippen LogP contribution is 2.50. The topological polar surface area (TPSA) is 128 Å². The van der Waals surface area contributed by atoms with Gasteiger partial charge in [-0.1, -0.05) is 0 Å².